The molecule has 5 rings (SSSR count). The Morgan fingerprint density at radius 3 is 2.39 bits per heavy atom. The molecule has 8 heteroatoms. The molecule has 0 radical (unpaired) electrons. The molecule has 0 aliphatic heterocycles. The number of benzene rings is 2. The van der Waals surface area contributed by atoms with E-state index in [2.05, 4.69) is 51.9 Å². The Bertz CT molecular complexity index is 1430. The van der Waals surface area contributed by atoms with Crippen LogP contribution in [0, 0.1) is 0 Å². The van der Waals surface area contributed by atoms with Gasteiger partial charge in [-0.25, -0.2) is 9.97 Å². The molecule has 0 saturated heterocycles. The number of aromatic hydroxyl groups is 1. The van der Waals surface area contributed by atoms with Gasteiger partial charge in [0, 0.05) is 29.1 Å². The van der Waals surface area contributed by atoms with Crippen molar-refractivity contribution >= 4 is 28.4 Å². The number of hydrogen-bond acceptors (Lipinski definition) is 6. The molecule has 3 heterocycles. The van der Waals surface area contributed by atoms with Crippen LogP contribution in [0.15, 0.2) is 73.2 Å². The van der Waals surface area contributed by atoms with Gasteiger partial charge < -0.3 is 20.7 Å². The number of para-hydroxylation sites is 1. The minimum Gasteiger partial charge on any atom is -0.493 e. The van der Waals surface area contributed by atoms with Gasteiger partial charge in [-0.3, -0.25) is 0 Å². The molecule has 0 atom stereocenters. The SMILES string of the molecule is CC(C)(C)n1cc(-c2ccc(Nc3cc(O)n(-c4ccccc4)n3)cc2)c2c(N)ncnc21. The standard InChI is InChI=1S/C25H25N7O/c1-25(2,3)31-14-19(22-23(26)27-15-28-24(22)31)16-9-11-17(12-10-16)29-20-13-21(33)32(30-20)18-7-5-4-6-8-18/h4-15,33H,1-3H3,(H,29,30)(H2,26,27,28). The van der Waals surface area contributed by atoms with E-state index in [1.54, 1.807) is 6.07 Å². The van der Waals surface area contributed by atoms with Gasteiger partial charge in [0.2, 0.25) is 5.88 Å². The Labute approximate surface area is 191 Å². The van der Waals surface area contributed by atoms with Crippen LogP contribution >= 0.6 is 0 Å². The maximum absolute atomic E-state index is 10.3. The first kappa shape index (κ1) is 20.6. The summed E-state index contributed by atoms with van der Waals surface area (Å²) in [6.45, 7) is 6.39. The predicted octanol–water partition coefficient (Wildman–Crippen LogP) is 5.07. The minimum absolute atomic E-state index is 0.0609. The highest BCUT2D eigenvalue weighted by atomic mass is 16.3. The molecule has 0 aliphatic rings. The van der Waals surface area contributed by atoms with Crippen LogP contribution in [-0.4, -0.2) is 29.4 Å². The van der Waals surface area contributed by atoms with Crippen molar-refractivity contribution in [2.75, 3.05) is 11.1 Å². The van der Waals surface area contributed by atoms with Crippen LogP contribution < -0.4 is 11.1 Å². The van der Waals surface area contributed by atoms with Crippen LogP contribution in [0.2, 0.25) is 0 Å². The summed E-state index contributed by atoms with van der Waals surface area (Å²) in [6.07, 6.45) is 3.58. The fourth-order valence-electron chi connectivity index (χ4n) is 3.89. The van der Waals surface area contributed by atoms with Crippen LogP contribution in [0.4, 0.5) is 17.3 Å². The van der Waals surface area contributed by atoms with E-state index in [0.29, 0.717) is 11.6 Å². The average molecular weight is 440 g/mol. The van der Waals surface area contributed by atoms with Crippen LogP contribution in [0.25, 0.3) is 27.8 Å². The van der Waals surface area contributed by atoms with Crippen molar-refractivity contribution in [3.63, 3.8) is 0 Å². The minimum atomic E-state index is -0.154. The number of anilines is 3. The molecule has 0 unspecified atom stereocenters. The zero-order chi connectivity index (χ0) is 23.2. The zero-order valence-corrected chi connectivity index (χ0v) is 18.7. The van der Waals surface area contributed by atoms with E-state index < -0.39 is 0 Å². The lowest BCUT2D eigenvalue weighted by Crippen LogP contribution is -2.21. The van der Waals surface area contributed by atoms with Crippen molar-refractivity contribution in [1.82, 2.24) is 24.3 Å². The molecule has 33 heavy (non-hydrogen) atoms. The van der Waals surface area contributed by atoms with Gasteiger partial charge in [-0.2, -0.15) is 4.68 Å². The summed E-state index contributed by atoms with van der Waals surface area (Å²) in [6, 6.07) is 19.0. The summed E-state index contributed by atoms with van der Waals surface area (Å²) in [7, 11) is 0. The Hall–Kier alpha value is -4.33. The first-order valence-electron chi connectivity index (χ1n) is 10.7. The van der Waals surface area contributed by atoms with E-state index in [1.165, 1.54) is 11.0 Å². The lowest BCUT2D eigenvalue weighted by atomic mass is 10.1. The monoisotopic (exact) mass is 439 g/mol. The molecule has 0 amide bonds. The molecule has 8 nitrogen and oxygen atoms in total. The van der Waals surface area contributed by atoms with Crippen molar-refractivity contribution in [3.05, 3.63) is 73.2 Å². The van der Waals surface area contributed by atoms with Crippen molar-refractivity contribution in [1.29, 1.82) is 0 Å². The van der Waals surface area contributed by atoms with Gasteiger partial charge in [-0.1, -0.05) is 30.3 Å². The second kappa shape index (κ2) is 7.67. The van der Waals surface area contributed by atoms with Crippen LogP contribution in [0.5, 0.6) is 5.88 Å². The van der Waals surface area contributed by atoms with Gasteiger partial charge in [-0.15, -0.1) is 5.10 Å². The smallest absolute Gasteiger partial charge is 0.216 e. The Balaban J connectivity index is 1.46. The lowest BCUT2D eigenvalue weighted by Gasteiger charge is -2.21. The van der Waals surface area contributed by atoms with Gasteiger partial charge in [0.1, 0.15) is 17.8 Å². The molecule has 0 aliphatic carbocycles. The second-order valence-electron chi connectivity index (χ2n) is 8.88. The number of nitrogens with zero attached hydrogens (tertiary/aromatic N) is 5. The predicted molar refractivity (Wildman–Crippen MR) is 131 cm³/mol. The van der Waals surface area contributed by atoms with Gasteiger partial charge in [0.25, 0.3) is 0 Å². The van der Waals surface area contributed by atoms with Crippen molar-refractivity contribution in [2.24, 2.45) is 0 Å². The summed E-state index contributed by atoms with van der Waals surface area (Å²) in [5.74, 6) is 1.07. The summed E-state index contributed by atoms with van der Waals surface area (Å²) in [5, 5.41) is 18.8. The molecule has 5 aromatic rings. The third kappa shape index (κ3) is 3.76. The zero-order valence-electron chi connectivity index (χ0n) is 18.7. The first-order chi connectivity index (χ1) is 15.8. The fourth-order valence-corrected chi connectivity index (χ4v) is 3.89. The number of aromatic nitrogens is 5. The second-order valence-corrected chi connectivity index (χ2v) is 8.88. The molecule has 3 aromatic heterocycles. The summed E-state index contributed by atoms with van der Waals surface area (Å²) in [4.78, 5) is 8.69. The quantitative estimate of drug-likeness (QED) is 0.361. The molecule has 0 saturated carbocycles. The average Bonchev–Trinajstić information content (AvgIpc) is 3.36. The number of hydrogen-bond donors (Lipinski definition) is 3. The summed E-state index contributed by atoms with van der Waals surface area (Å²) in [5.41, 5.74) is 10.5. The van der Waals surface area contributed by atoms with E-state index in [9.17, 15) is 5.11 Å². The maximum Gasteiger partial charge on any atom is 0.216 e. The Kier molecular flexibility index (Phi) is 4.78. The Morgan fingerprint density at radius 1 is 0.970 bits per heavy atom. The van der Waals surface area contributed by atoms with Crippen molar-refractivity contribution in [3.8, 4) is 22.7 Å². The van der Waals surface area contributed by atoms with E-state index in [1.807, 2.05) is 54.6 Å². The van der Waals surface area contributed by atoms with Crippen molar-refractivity contribution < 1.29 is 5.11 Å². The molecule has 0 fully saturated rings. The molecule has 0 spiro atoms. The number of rotatable bonds is 4. The number of nitrogens with one attached hydrogen (secondary N) is 1. The van der Waals surface area contributed by atoms with Gasteiger partial charge in [-0.05, 0) is 50.6 Å². The molecular weight excluding hydrogens is 414 g/mol. The fraction of sp³-hybridized carbons (Fsp3) is 0.160. The van der Waals surface area contributed by atoms with Gasteiger partial charge >= 0.3 is 0 Å². The summed E-state index contributed by atoms with van der Waals surface area (Å²) >= 11 is 0. The molecule has 4 N–H and O–H groups in total. The third-order valence-electron chi connectivity index (χ3n) is 5.49. The van der Waals surface area contributed by atoms with Gasteiger partial charge in [0.05, 0.1) is 11.1 Å². The van der Waals surface area contributed by atoms with Crippen LogP contribution in [-0.2, 0) is 5.54 Å². The molecule has 166 valence electrons. The topological polar surface area (TPSA) is 107 Å². The van der Waals surface area contributed by atoms with Crippen LogP contribution in [0.3, 0.4) is 0 Å². The lowest BCUT2D eigenvalue weighted by molar-refractivity contribution is 0.408. The molecule has 0 bridgehead atoms. The van der Waals surface area contributed by atoms with Crippen molar-refractivity contribution in [2.45, 2.75) is 26.3 Å². The Morgan fingerprint density at radius 2 is 1.70 bits per heavy atom. The normalized spacial score (nSPS) is 11.7. The van der Waals surface area contributed by atoms with E-state index >= 15 is 0 Å². The summed E-state index contributed by atoms with van der Waals surface area (Å²) < 4.78 is 3.61. The number of fused-ring (bicyclic) bond motifs is 1. The highest BCUT2D eigenvalue weighted by Gasteiger charge is 2.22. The van der Waals surface area contributed by atoms with Gasteiger partial charge in [0.15, 0.2) is 5.82 Å². The highest BCUT2D eigenvalue weighted by Crippen LogP contribution is 2.36. The third-order valence-corrected chi connectivity index (χ3v) is 5.49. The largest absolute Gasteiger partial charge is 0.493 e. The highest BCUT2D eigenvalue weighted by molar-refractivity contribution is 6.00. The first-order valence-corrected chi connectivity index (χ1v) is 10.7. The van der Waals surface area contributed by atoms with E-state index in [-0.39, 0.29) is 11.4 Å². The molecular formula is C25H25N7O. The number of nitrogens with two attached hydrogens (primary N) is 1. The number of nitrogen functional groups attached to an aromatic ring is 1. The molecule has 2 aromatic carbocycles. The van der Waals surface area contributed by atoms with E-state index in [4.69, 9.17) is 5.73 Å². The van der Waals surface area contributed by atoms with Crippen LogP contribution in [0.1, 0.15) is 20.8 Å². The van der Waals surface area contributed by atoms with E-state index in [0.717, 1.165) is 33.5 Å². The maximum atomic E-state index is 10.3.